The average molecular weight is 390 g/mol. The molecule has 0 aliphatic heterocycles. The van der Waals surface area contributed by atoms with Crippen LogP contribution in [0, 0.1) is 17.0 Å². The molecule has 0 fully saturated rings. The van der Waals surface area contributed by atoms with Crippen LogP contribution in [0.2, 0.25) is 0 Å². The van der Waals surface area contributed by atoms with Crippen LogP contribution < -0.4 is 5.32 Å². The van der Waals surface area contributed by atoms with E-state index in [1.807, 2.05) is 29.7 Å². The van der Waals surface area contributed by atoms with Gasteiger partial charge in [-0.15, -0.1) is 0 Å². The number of fused-ring (bicyclic) bond motifs is 1. The van der Waals surface area contributed by atoms with Gasteiger partial charge in [0.05, 0.1) is 10.4 Å². The molecule has 4 rings (SSSR count). The zero-order chi connectivity index (χ0) is 20.4. The first-order chi connectivity index (χ1) is 14.0. The number of carbonyl (C=O) groups excluding carboxylic acids is 1. The first kappa shape index (κ1) is 18.4. The second-order valence-electron chi connectivity index (χ2n) is 6.69. The molecule has 29 heavy (non-hydrogen) atoms. The molecule has 8 heteroatoms. The maximum atomic E-state index is 12.9. The predicted octanol–water partition coefficient (Wildman–Crippen LogP) is 3.82. The molecule has 1 aromatic carbocycles. The Morgan fingerprint density at radius 2 is 2.03 bits per heavy atom. The van der Waals surface area contributed by atoms with Crippen LogP contribution in [0.25, 0.3) is 11.1 Å². The minimum Gasteiger partial charge on any atom is -0.460 e. The van der Waals surface area contributed by atoms with Crippen LogP contribution in [0.3, 0.4) is 0 Å². The first-order valence-electron chi connectivity index (χ1n) is 9.01. The molecular weight excluding hydrogens is 372 g/mol. The number of carbonyl (C=O) groups is 1. The number of nitro benzene ring substituents is 1. The van der Waals surface area contributed by atoms with Crippen LogP contribution in [0.4, 0.5) is 5.69 Å². The molecule has 4 aromatic rings. The maximum Gasteiger partial charge on any atom is 0.269 e. The molecular formula is C21H18N4O4. The summed E-state index contributed by atoms with van der Waals surface area (Å²) in [5, 5.41) is 14.0. The number of non-ortho nitro benzene ring substituents is 1. The van der Waals surface area contributed by atoms with E-state index in [1.165, 1.54) is 12.1 Å². The van der Waals surface area contributed by atoms with E-state index in [9.17, 15) is 14.9 Å². The van der Waals surface area contributed by atoms with Crippen LogP contribution in [-0.4, -0.2) is 20.4 Å². The minimum absolute atomic E-state index is 0.0110. The van der Waals surface area contributed by atoms with Gasteiger partial charge >= 0.3 is 0 Å². The Labute approximate surface area is 165 Å². The lowest BCUT2D eigenvalue weighted by Crippen LogP contribution is -2.25. The highest BCUT2D eigenvalue weighted by molar-refractivity contribution is 5.97. The average Bonchev–Trinajstić information content (AvgIpc) is 3.24. The Hall–Kier alpha value is -3.94. The smallest absolute Gasteiger partial charge is 0.269 e. The predicted molar refractivity (Wildman–Crippen MR) is 107 cm³/mol. The fraction of sp³-hybridized carbons (Fsp3) is 0.143. The van der Waals surface area contributed by atoms with E-state index in [0.717, 1.165) is 22.4 Å². The van der Waals surface area contributed by atoms with Gasteiger partial charge in [-0.05, 0) is 24.1 Å². The topological polar surface area (TPSA) is 103 Å². The number of rotatable bonds is 6. The maximum absolute atomic E-state index is 12.9. The summed E-state index contributed by atoms with van der Waals surface area (Å²) in [4.78, 5) is 27.5. The summed E-state index contributed by atoms with van der Waals surface area (Å²) >= 11 is 0. The van der Waals surface area contributed by atoms with Crippen molar-refractivity contribution in [3.8, 4) is 0 Å². The number of amides is 1. The highest BCUT2D eigenvalue weighted by Crippen LogP contribution is 2.25. The number of hydrogen-bond acceptors (Lipinski definition) is 5. The van der Waals surface area contributed by atoms with E-state index in [2.05, 4.69) is 10.3 Å². The largest absolute Gasteiger partial charge is 0.460 e. The molecule has 0 bridgehead atoms. The third kappa shape index (κ3) is 3.86. The molecule has 1 N–H and O–H groups in total. The zero-order valence-corrected chi connectivity index (χ0v) is 15.7. The summed E-state index contributed by atoms with van der Waals surface area (Å²) in [7, 11) is 0. The van der Waals surface area contributed by atoms with Crippen LogP contribution in [0.5, 0.6) is 0 Å². The monoisotopic (exact) mass is 390 g/mol. The van der Waals surface area contributed by atoms with Crippen molar-refractivity contribution < 1.29 is 14.1 Å². The number of benzene rings is 1. The van der Waals surface area contributed by atoms with Crippen molar-refractivity contribution in [2.75, 3.05) is 0 Å². The Morgan fingerprint density at radius 1 is 1.21 bits per heavy atom. The zero-order valence-electron chi connectivity index (χ0n) is 15.7. The van der Waals surface area contributed by atoms with E-state index in [1.54, 1.807) is 30.6 Å². The Balaban J connectivity index is 1.65. The highest BCUT2D eigenvalue weighted by atomic mass is 16.6. The fourth-order valence-electron chi connectivity index (χ4n) is 3.25. The van der Waals surface area contributed by atoms with E-state index >= 15 is 0 Å². The molecule has 0 unspecified atom stereocenters. The van der Waals surface area contributed by atoms with Crippen molar-refractivity contribution in [1.82, 2.24) is 14.9 Å². The number of furan rings is 1. The number of aryl methyl sites for hydroxylation is 1. The molecule has 0 saturated carbocycles. The van der Waals surface area contributed by atoms with Gasteiger partial charge in [-0.1, -0.05) is 18.2 Å². The van der Waals surface area contributed by atoms with Crippen molar-refractivity contribution in [3.63, 3.8) is 0 Å². The van der Waals surface area contributed by atoms with Gasteiger partial charge in [0.15, 0.2) is 5.58 Å². The number of hydrogen-bond donors (Lipinski definition) is 1. The molecule has 0 aliphatic rings. The first-order valence-corrected chi connectivity index (χ1v) is 9.01. The summed E-state index contributed by atoms with van der Waals surface area (Å²) in [6.07, 6.45) is 3.36. The highest BCUT2D eigenvalue weighted by Gasteiger charge is 2.19. The van der Waals surface area contributed by atoms with Crippen LogP contribution in [-0.2, 0) is 13.1 Å². The molecule has 3 heterocycles. The van der Waals surface area contributed by atoms with Crippen molar-refractivity contribution in [1.29, 1.82) is 0 Å². The van der Waals surface area contributed by atoms with Crippen LogP contribution in [0.15, 0.2) is 65.3 Å². The second-order valence-corrected chi connectivity index (χ2v) is 6.69. The third-order valence-corrected chi connectivity index (χ3v) is 4.58. The van der Waals surface area contributed by atoms with Gasteiger partial charge in [0.1, 0.15) is 11.5 Å². The molecule has 0 spiro atoms. The molecule has 146 valence electrons. The third-order valence-electron chi connectivity index (χ3n) is 4.58. The Bertz CT molecular complexity index is 1190. The molecule has 8 nitrogen and oxygen atoms in total. The van der Waals surface area contributed by atoms with Gasteiger partial charge in [0.2, 0.25) is 0 Å². The quantitative estimate of drug-likeness (QED) is 0.398. The van der Waals surface area contributed by atoms with E-state index in [0.29, 0.717) is 24.4 Å². The summed E-state index contributed by atoms with van der Waals surface area (Å²) < 4.78 is 7.49. The molecule has 0 radical (unpaired) electrons. The number of aromatic nitrogens is 2. The van der Waals surface area contributed by atoms with Crippen molar-refractivity contribution in [2.24, 2.45) is 0 Å². The normalized spacial score (nSPS) is 10.9. The lowest BCUT2D eigenvalue weighted by Gasteiger charge is -2.11. The second kappa shape index (κ2) is 7.59. The molecule has 1 amide bonds. The van der Waals surface area contributed by atoms with Gasteiger partial charge in [0.25, 0.3) is 11.6 Å². The number of pyridine rings is 1. The Kier molecular flexibility index (Phi) is 4.82. The van der Waals surface area contributed by atoms with Crippen LogP contribution in [0.1, 0.15) is 27.4 Å². The van der Waals surface area contributed by atoms with Gasteiger partial charge in [-0.2, -0.15) is 0 Å². The van der Waals surface area contributed by atoms with Crippen molar-refractivity contribution in [3.05, 3.63) is 93.6 Å². The number of nitro groups is 1. The lowest BCUT2D eigenvalue weighted by atomic mass is 10.2. The SMILES string of the molecule is Cc1cc2c(cc(C(=O)NCc3cccnc3)n2Cc2cccc([N+](=O)[O-])c2)o1. The number of nitrogens with zero attached hydrogens (tertiary/aromatic N) is 3. The summed E-state index contributed by atoms with van der Waals surface area (Å²) in [6.45, 7) is 2.48. The summed E-state index contributed by atoms with van der Waals surface area (Å²) in [6, 6.07) is 13.6. The lowest BCUT2D eigenvalue weighted by molar-refractivity contribution is -0.384. The Morgan fingerprint density at radius 3 is 2.79 bits per heavy atom. The van der Waals surface area contributed by atoms with Gasteiger partial charge in [0, 0.05) is 49.7 Å². The minimum atomic E-state index is -0.432. The molecule has 3 aromatic heterocycles. The summed E-state index contributed by atoms with van der Waals surface area (Å²) in [5.74, 6) is 0.466. The van der Waals surface area contributed by atoms with Gasteiger partial charge in [-0.3, -0.25) is 19.9 Å². The molecule has 0 aliphatic carbocycles. The molecule has 0 atom stereocenters. The van der Waals surface area contributed by atoms with Gasteiger partial charge < -0.3 is 14.3 Å². The van der Waals surface area contributed by atoms with E-state index in [-0.39, 0.29) is 11.6 Å². The van der Waals surface area contributed by atoms with Crippen molar-refractivity contribution >= 4 is 22.7 Å². The van der Waals surface area contributed by atoms with E-state index in [4.69, 9.17) is 4.42 Å². The van der Waals surface area contributed by atoms with Gasteiger partial charge in [-0.25, -0.2) is 0 Å². The van der Waals surface area contributed by atoms with Crippen LogP contribution >= 0.6 is 0 Å². The van der Waals surface area contributed by atoms with Crippen molar-refractivity contribution in [2.45, 2.75) is 20.0 Å². The standard InChI is InChI=1S/C21H18N4O4/c1-14-8-18-20(29-14)10-19(21(26)23-12-16-5-3-7-22-11-16)24(18)13-15-4-2-6-17(9-15)25(27)28/h2-11H,12-13H2,1H3,(H,23,26). The van der Waals surface area contributed by atoms with E-state index < -0.39 is 4.92 Å². The summed E-state index contributed by atoms with van der Waals surface area (Å²) in [5.41, 5.74) is 3.40. The number of nitrogens with one attached hydrogen (secondary N) is 1. The fourth-order valence-corrected chi connectivity index (χ4v) is 3.25. The molecule has 0 saturated heterocycles.